The van der Waals surface area contributed by atoms with Crippen molar-refractivity contribution >= 4 is 11.3 Å². The smallest absolute Gasteiger partial charge is 0.165 e. The molecule has 1 aromatic carbocycles. The Kier molecular flexibility index (Phi) is 4.97. The second-order valence-corrected chi connectivity index (χ2v) is 8.48. The van der Waals surface area contributed by atoms with Gasteiger partial charge < -0.3 is 15.2 Å². The lowest BCUT2D eigenvalue weighted by molar-refractivity contribution is 0.182. The fraction of sp³-hybridized carbons (Fsp3) is 0.500. The van der Waals surface area contributed by atoms with Gasteiger partial charge in [0.1, 0.15) is 6.61 Å². The number of nitrogens with one attached hydrogen (secondary N) is 1. The van der Waals surface area contributed by atoms with Crippen LogP contribution in [0.5, 0.6) is 11.5 Å². The number of hydrogen-bond donors (Lipinski definition) is 2. The van der Waals surface area contributed by atoms with Gasteiger partial charge in [-0.05, 0) is 68.6 Å². The molecule has 0 radical (unpaired) electrons. The third-order valence-electron chi connectivity index (χ3n) is 5.13. The number of aromatic hydroxyl groups is 1. The fourth-order valence-electron chi connectivity index (χ4n) is 3.89. The quantitative estimate of drug-likeness (QED) is 0.880. The summed E-state index contributed by atoms with van der Waals surface area (Å²) in [5.41, 5.74) is 2.18. The van der Waals surface area contributed by atoms with Crippen LogP contribution in [0.4, 0.5) is 0 Å². The number of phenols is 1. The van der Waals surface area contributed by atoms with Gasteiger partial charge in [-0.2, -0.15) is 0 Å². The molecule has 1 fully saturated rings. The van der Waals surface area contributed by atoms with Crippen molar-refractivity contribution in [1.82, 2.24) is 10.2 Å². The number of phenolic OH excluding ortho intramolecular Hbond substituents is 1. The molecule has 1 atom stereocenters. The van der Waals surface area contributed by atoms with E-state index < -0.39 is 0 Å². The van der Waals surface area contributed by atoms with Crippen molar-refractivity contribution in [3.05, 3.63) is 34.7 Å². The zero-order valence-electron chi connectivity index (χ0n) is 14.8. The minimum atomic E-state index is 0.264. The number of piperidine rings is 1. The first-order valence-corrected chi connectivity index (χ1v) is 9.99. The topological polar surface area (TPSA) is 44.7 Å². The number of rotatable bonds is 3. The Balaban J connectivity index is 1.57. The molecule has 2 aliphatic rings. The number of aryl methyl sites for hydroxylation is 1. The van der Waals surface area contributed by atoms with Gasteiger partial charge in [-0.25, -0.2) is 0 Å². The highest BCUT2D eigenvalue weighted by Gasteiger charge is 2.23. The number of benzene rings is 1. The first kappa shape index (κ1) is 16.9. The molecule has 3 heterocycles. The summed E-state index contributed by atoms with van der Waals surface area (Å²) < 4.78 is 5.89. The minimum absolute atomic E-state index is 0.264. The third kappa shape index (κ3) is 3.84. The Hall–Kier alpha value is -1.56. The van der Waals surface area contributed by atoms with E-state index in [0.29, 0.717) is 18.3 Å². The molecule has 0 bridgehead atoms. The third-order valence-corrected chi connectivity index (χ3v) is 6.18. The van der Waals surface area contributed by atoms with Gasteiger partial charge in [0, 0.05) is 35.0 Å². The number of hydrogen-bond acceptors (Lipinski definition) is 5. The van der Waals surface area contributed by atoms with Gasteiger partial charge in [-0.1, -0.05) is 0 Å². The molecule has 25 heavy (non-hydrogen) atoms. The number of fused-ring (bicyclic) bond motifs is 1. The normalized spacial score (nSPS) is 21.4. The molecule has 0 aliphatic carbocycles. The minimum Gasteiger partial charge on any atom is -0.504 e. The molecular weight excluding hydrogens is 332 g/mol. The highest BCUT2D eigenvalue weighted by molar-refractivity contribution is 7.15. The van der Waals surface area contributed by atoms with E-state index in [4.69, 9.17) is 4.74 Å². The number of ether oxygens (including phenoxy) is 1. The van der Waals surface area contributed by atoms with Crippen molar-refractivity contribution in [2.45, 2.75) is 26.3 Å². The van der Waals surface area contributed by atoms with Crippen LogP contribution in [0.15, 0.2) is 24.3 Å². The number of nitrogens with zero attached hydrogens (tertiary/aromatic N) is 1. The highest BCUT2D eigenvalue weighted by Crippen LogP contribution is 2.39. The fourth-order valence-corrected chi connectivity index (χ4v) is 4.74. The molecule has 2 aliphatic heterocycles. The van der Waals surface area contributed by atoms with Crippen molar-refractivity contribution in [2.24, 2.45) is 5.92 Å². The van der Waals surface area contributed by atoms with Crippen molar-refractivity contribution in [3.8, 4) is 21.9 Å². The van der Waals surface area contributed by atoms with Crippen LogP contribution >= 0.6 is 11.3 Å². The van der Waals surface area contributed by atoms with Crippen molar-refractivity contribution in [1.29, 1.82) is 0 Å². The van der Waals surface area contributed by atoms with E-state index in [1.165, 1.54) is 22.6 Å². The summed E-state index contributed by atoms with van der Waals surface area (Å²) in [6.07, 6.45) is 2.57. The van der Waals surface area contributed by atoms with E-state index >= 15 is 0 Å². The lowest BCUT2D eigenvalue weighted by Gasteiger charge is -2.29. The first-order chi connectivity index (χ1) is 12.2. The SMILES string of the molecule is Cc1ccc(-c2cc(O)c3c(c2)CN(C[C@@H]2CCCNC2)CCO3)s1. The second kappa shape index (κ2) is 7.36. The van der Waals surface area contributed by atoms with Gasteiger partial charge in [0.05, 0.1) is 0 Å². The summed E-state index contributed by atoms with van der Waals surface area (Å²) in [6, 6.07) is 8.29. The van der Waals surface area contributed by atoms with E-state index in [1.54, 1.807) is 11.3 Å². The summed E-state index contributed by atoms with van der Waals surface area (Å²) >= 11 is 1.76. The lowest BCUT2D eigenvalue weighted by atomic mass is 9.98. The maximum absolute atomic E-state index is 10.5. The Morgan fingerprint density at radius 1 is 1.36 bits per heavy atom. The average molecular weight is 359 g/mol. The van der Waals surface area contributed by atoms with E-state index in [2.05, 4.69) is 35.3 Å². The molecule has 5 heteroatoms. The maximum Gasteiger partial charge on any atom is 0.165 e. The lowest BCUT2D eigenvalue weighted by Crippen LogP contribution is -2.38. The molecule has 0 saturated carbocycles. The van der Waals surface area contributed by atoms with Crippen LogP contribution in [-0.2, 0) is 6.54 Å². The van der Waals surface area contributed by atoms with Gasteiger partial charge >= 0.3 is 0 Å². The zero-order valence-corrected chi connectivity index (χ0v) is 15.6. The van der Waals surface area contributed by atoms with Crippen LogP contribution in [0.25, 0.3) is 10.4 Å². The van der Waals surface area contributed by atoms with Gasteiger partial charge in [-0.3, -0.25) is 4.90 Å². The molecule has 0 unspecified atom stereocenters. The Morgan fingerprint density at radius 3 is 3.04 bits per heavy atom. The van der Waals surface area contributed by atoms with E-state index in [-0.39, 0.29) is 5.75 Å². The van der Waals surface area contributed by atoms with Crippen LogP contribution in [0.3, 0.4) is 0 Å². The van der Waals surface area contributed by atoms with Crippen LogP contribution in [-0.4, -0.2) is 42.8 Å². The number of thiophene rings is 1. The summed E-state index contributed by atoms with van der Waals surface area (Å²) in [5.74, 6) is 1.65. The summed E-state index contributed by atoms with van der Waals surface area (Å²) in [6.45, 7) is 7.87. The van der Waals surface area contributed by atoms with Gasteiger partial charge in [0.2, 0.25) is 0 Å². The Labute approximate surface area is 153 Å². The second-order valence-electron chi connectivity index (χ2n) is 7.19. The van der Waals surface area contributed by atoms with E-state index in [0.717, 1.165) is 43.9 Å². The first-order valence-electron chi connectivity index (χ1n) is 9.17. The average Bonchev–Trinajstić information content (AvgIpc) is 2.93. The summed E-state index contributed by atoms with van der Waals surface area (Å²) in [4.78, 5) is 4.96. The van der Waals surface area contributed by atoms with Gasteiger partial charge in [0.15, 0.2) is 11.5 Å². The molecule has 0 amide bonds. The predicted molar refractivity (Wildman–Crippen MR) is 103 cm³/mol. The van der Waals surface area contributed by atoms with E-state index in [1.807, 2.05) is 6.07 Å². The van der Waals surface area contributed by atoms with Gasteiger partial charge in [-0.15, -0.1) is 11.3 Å². The van der Waals surface area contributed by atoms with Crippen LogP contribution in [0.1, 0.15) is 23.3 Å². The molecule has 4 rings (SSSR count). The van der Waals surface area contributed by atoms with Crippen molar-refractivity contribution in [2.75, 3.05) is 32.8 Å². The predicted octanol–water partition coefficient (Wildman–Crippen LogP) is 3.62. The van der Waals surface area contributed by atoms with Crippen molar-refractivity contribution in [3.63, 3.8) is 0 Å². The van der Waals surface area contributed by atoms with Crippen LogP contribution in [0, 0.1) is 12.8 Å². The van der Waals surface area contributed by atoms with Crippen LogP contribution in [0.2, 0.25) is 0 Å². The Morgan fingerprint density at radius 2 is 2.28 bits per heavy atom. The zero-order chi connectivity index (χ0) is 17.2. The molecular formula is C20H26N2O2S. The summed E-state index contributed by atoms with van der Waals surface area (Å²) in [7, 11) is 0. The monoisotopic (exact) mass is 358 g/mol. The summed E-state index contributed by atoms with van der Waals surface area (Å²) in [5, 5.41) is 14.0. The highest BCUT2D eigenvalue weighted by atomic mass is 32.1. The van der Waals surface area contributed by atoms with E-state index in [9.17, 15) is 5.11 Å². The van der Waals surface area contributed by atoms with Crippen molar-refractivity contribution < 1.29 is 9.84 Å². The molecule has 134 valence electrons. The molecule has 4 nitrogen and oxygen atoms in total. The largest absolute Gasteiger partial charge is 0.504 e. The van der Waals surface area contributed by atoms with Gasteiger partial charge in [0.25, 0.3) is 0 Å². The maximum atomic E-state index is 10.5. The molecule has 2 aromatic rings. The standard InChI is InChI=1S/C20H26N2O2S/c1-14-4-5-19(25-14)16-9-17-13-22(12-15-3-2-6-21-11-15)7-8-24-20(17)18(23)10-16/h4-5,9-10,15,21,23H,2-3,6-8,11-13H2,1H3/t15-/m1/s1. The van der Waals surface area contributed by atoms with Crippen LogP contribution < -0.4 is 10.1 Å². The Bertz CT molecular complexity index is 737. The molecule has 0 spiro atoms. The molecule has 1 saturated heterocycles. The molecule has 2 N–H and O–H groups in total. The molecule has 1 aromatic heterocycles.